The van der Waals surface area contributed by atoms with Crippen LogP contribution in [0.5, 0.6) is 11.5 Å². The Labute approximate surface area is 149 Å². The van der Waals surface area contributed by atoms with Crippen molar-refractivity contribution in [1.29, 1.82) is 0 Å². The van der Waals surface area contributed by atoms with E-state index in [1.165, 1.54) is 21.2 Å². The lowest BCUT2D eigenvalue weighted by Gasteiger charge is -2.35. The fraction of sp³-hybridized carbons (Fsp3) is 0.368. The summed E-state index contributed by atoms with van der Waals surface area (Å²) in [4.78, 5) is 0. The Hall–Kier alpha value is -0.800. The molecule has 2 aromatic rings. The molecule has 0 fully saturated rings. The predicted molar refractivity (Wildman–Crippen MR) is 99.0 cm³/mol. The van der Waals surface area contributed by atoms with Gasteiger partial charge >= 0.3 is 0 Å². The second-order valence-corrected chi connectivity index (χ2v) is 8.68. The molecule has 2 aromatic carbocycles. The minimum absolute atomic E-state index is 0.0778. The van der Waals surface area contributed by atoms with E-state index in [9.17, 15) is 0 Å². The van der Waals surface area contributed by atoms with E-state index < -0.39 is 0 Å². The molecule has 0 atom stereocenters. The molecule has 0 saturated carbocycles. The number of fused-ring (bicyclic) bond motifs is 2. The Morgan fingerprint density at radius 3 is 2.36 bits per heavy atom. The van der Waals surface area contributed by atoms with Crippen LogP contribution in [0.15, 0.2) is 39.3 Å². The van der Waals surface area contributed by atoms with E-state index in [2.05, 4.69) is 77.8 Å². The van der Waals surface area contributed by atoms with Gasteiger partial charge in [-0.25, -0.2) is 0 Å². The van der Waals surface area contributed by atoms with Crippen LogP contribution in [0.4, 0.5) is 0 Å². The maximum atomic E-state index is 6.20. The van der Waals surface area contributed by atoms with E-state index in [-0.39, 0.29) is 5.41 Å². The van der Waals surface area contributed by atoms with Crippen molar-refractivity contribution in [2.45, 2.75) is 39.5 Å². The first kappa shape index (κ1) is 16.1. The van der Waals surface area contributed by atoms with Crippen LogP contribution >= 0.6 is 31.9 Å². The third-order valence-electron chi connectivity index (χ3n) is 4.28. The van der Waals surface area contributed by atoms with E-state index in [4.69, 9.17) is 4.74 Å². The zero-order chi connectivity index (χ0) is 16.1. The molecule has 0 aromatic heterocycles. The van der Waals surface area contributed by atoms with Gasteiger partial charge < -0.3 is 4.74 Å². The Morgan fingerprint density at radius 2 is 1.68 bits per heavy atom. The molecular weight excluding hydrogens is 404 g/mol. The molecule has 0 unspecified atom stereocenters. The quantitative estimate of drug-likeness (QED) is 0.513. The first-order valence-corrected chi connectivity index (χ1v) is 9.18. The Bertz CT molecular complexity index is 732. The average Bonchev–Trinajstić information content (AvgIpc) is 2.42. The molecule has 1 aliphatic heterocycles. The highest BCUT2D eigenvalue weighted by molar-refractivity contribution is 9.10. The molecule has 3 heteroatoms. The lowest BCUT2D eigenvalue weighted by atomic mass is 9.75. The maximum absolute atomic E-state index is 6.20. The number of hydrogen-bond acceptors (Lipinski definition) is 1. The van der Waals surface area contributed by atoms with Crippen LogP contribution < -0.4 is 4.74 Å². The number of halogens is 2. The summed E-state index contributed by atoms with van der Waals surface area (Å²) < 4.78 is 8.46. The van der Waals surface area contributed by atoms with Crippen LogP contribution in [-0.4, -0.2) is 0 Å². The summed E-state index contributed by atoms with van der Waals surface area (Å²) in [6.45, 7) is 9.00. The fourth-order valence-corrected chi connectivity index (χ4v) is 3.97. The summed E-state index contributed by atoms with van der Waals surface area (Å²) in [6.07, 6.45) is 1.05. The van der Waals surface area contributed by atoms with Crippen LogP contribution in [0.25, 0.3) is 0 Å². The molecular formula is C19H20Br2O. The Kier molecular flexibility index (Phi) is 4.15. The molecule has 0 bridgehead atoms. The lowest BCUT2D eigenvalue weighted by molar-refractivity contribution is 0.416. The highest BCUT2D eigenvalue weighted by Crippen LogP contribution is 2.49. The number of ether oxygens (including phenoxy) is 1. The molecule has 0 saturated heterocycles. The molecule has 0 radical (unpaired) electrons. The normalized spacial score (nSPS) is 15.2. The van der Waals surface area contributed by atoms with E-state index in [1.807, 2.05) is 12.1 Å². The number of benzene rings is 2. The highest BCUT2D eigenvalue weighted by Gasteiger charge is 2.35. The Balaban J connectivity index is 2.15. The van der Waals surface area contributed by atoms with Crippen molar-refractivity contribution in [2.75, 3.05) is 0 Å². The van der Waals surface area contributed by atoms with Crippen molar-refractivity contribution in [1.82, 2.24) is 0 Å². The molecule has 3 rings (SSSR count). The van der Waals surface area contributed by atoms with Crippen LogP contribution in [0, 0.1) is 5.92 Å². The second-order valence-electron chi connectivity index (χ2n) is 6.91. The van der Waals surface area contributed by atoms with Gasteiger partial charge in [0.25, 0.3) is 0 Å². The topological polar surface area (TPSA) is 9.23 Å². The van der Waals surface area contributed by atoms with Crippen molar-refractivity contribution in [2.24, 2.45) is 5.92 Å². The maximum Gasteiger partial charge on any atom is 0.131 e. The molecule has 22 heavy (non-hydrogen) atoms. The van der Waals surface area contributed by atoms with Gasteiger partial charge in [-0.3, -0.25) is 0 Å². The van der Waals surface area contributed by atoms with E-state index in [0.29, 0.717) is 5.92 Å². The molecule has 0 spiro atoms. The fourth-order valence-electron chi connectivity index (χ4n) is 3.11. The summed E-state index contributed by atoms with van der Waals surface area (Å²) in [5.41, 5.74) is 3.69. The summed E-state index contributed by atoms with van der Waals surface area (Å²) in [5.74, 6) is 2.56. The largest absolute Gasteiger partial charge is 0.457 e. The lowest BCUT2D eigenvalue weighted by Crippen LogP contribution is -2.24. The van der Waals surface area contributed by atoms with Crippen LogP contribution in [0.1, 0.15) is 44.4 Å². The standard InChI is InChI=1S/C19H20Br2O/c1-11(2)7-12-8-18-15(10-16(12)21)19(3,4)14-9-13(20)5-6-17(14)22-18/h5-6,8-11H,7H2,1-4H3. The van der Waals surface area contributed by atoms with Crippen molar-refractivity contribution >= 4 is 31.9 Å². The third kappa shape index (κ3) is 2.74. The number of rotatable bonds is 2. The first-order chi connectivity index (χ1) is 10.3. The van der Waals surface area contributed by atoms with Crippen molar-refractivity contribution in [3.8, 4) is 11.5 Å². The summed E-state index contributed by atoms with van der Waals surface area (Å²) >= 11 is 7.32. The molecule has 116 valence electrons. The summed E-state index contributed by atoms with van der Waals surface area (Å²) in [5, 5.41) is 0. The Morgan fingerprint density at radius 1 is 1.00 bits per heavy atom. The van der Waals surface area contributed by atoms with Gasteiger partial charge in [-0.15, -0.1) is 0 Å². The molecule has 1 nitrogen and oxygen atoms in total. The zero-order valence-electron chi connectivity index (χ0n) is 13.3. The molecule has 0 aliphatic carbocycles. The molecule has 1 heterocycles. The van der Waals surface area contributed by atoms with Gasteiger partial charge in [0, 0.05) is 25.5 Å². The molecule has 1 aliphatic rings. The third-order valence-corrected chi connectivity index (χ3v) is 5.52. The minimum Gasteiger partial charge on any atom is -0.457 e. The van der Waals surface area contributed by atoms with Crippen LogP contribution in [0.3, 0.4) is 0 Å². The van der Waals surface area contributed by atoms with E-state index in [1.54, 1.807) is 0 Å². The SMILES string of the molecule is CC(C)Cc1cc2c(cc1Br)C(C)(C)c1cc(Br)ccc1O2. The first-order valence-electron chi connectivity index (χ1n) is 7.60. The highest BCUT2D eigenvalue weighted by atomic mass is 79.9. The summed E-state index contributed by atoms with van der Waals surface area (Å²) in [7, 11) is 0. The zero-order valence-corrected chi connectivity index (χ0v) is 16.5. The smallest absolute Gasteiger partial charge is 0.131 e. The van der Waals surface area contributed by atoms with Crippen LogP contribution in [-0.2, 0) is 11.8 Å². The van der Waals surface area contributed by atoms with Gasteiger partial charge in [0.05, 0.1) is 0 Å². The monoisotopic (exact) mass is 422 g/mol. The molecule has 0 amide bonds. The average molecular weight is 424 g/mol. The van der Waals surface area contributed by atoms with E-state index >= 15 is 0 Å². The van der Waals surface area contributed by atoms with Gasteiger partial charge in [-0.05, 0) is 48.2 Å². The number of hydrogen-bond donors (Lipinski definition) is 0. The van der Waals surface area contributed by atoms with Crippen molar-refractivity contribution < 1.29 is 4.74 Å². The van der Waals surface area contributed by atoms with Gasteiger partial charge in [0.2, 0.25) is 0 Å². The molecule has 0 N–H and O–H groups in total. The predicted octanol–water partition coefficient (Wildman–Crippen LogP) is 6.84. The van der Waals surface area contributed by atoms with Gasteiger partial charge in [-0.2, -0.15) is 0 Å². The summed E-state index contributed by atoms with van der Waals surface area (Å²) in [6, 6.07) is 10.7. The van der Waals surface area contributed by atoms with Crippen LogP contribution in [0.2, 0.25) is 0 Å². The van der Waals surface area contributed by atoms with Gasteiger partial charge in [0.1, 0.15) is 11.5 Å². The van der Waals surface area contributed by atoms with Gasteiger partial charge in [0.15, 0.2) is 0 Å². The van der Waals surface area contributed by atoms with Gasteiger partial charge in [-0.1, -0.05) is 59.6 Å². The van der Waals surface area contributed by atoms with Crippen molar-refractivity contribution in [3.63, 3.8) is 0 Å². The minimum atomic E-state index is -0.0778. The van der Waals surface area contributed by atoms with E-state index in [0.717, 1.165) is 22.4 Å². The van der Waals surface area contributed by atoms with Crippen molar-refractivity contribution in [3.05, 3.63) is 56.0 Å². The second kappa shape index (κ2) is 5.68.